The highest BCUT2D eigenvalue weighted by Gasteiger charge is 2.27. The molecule has 3 aromatic rings. The number of pyridine rings is 1. The predicted octanol–water partition coefficient (Wildman–Crippen LogP) is 4.19. The lowest BCUT2D eigenvalue weighted by molar-refractivity contribution is -0.137. The molecule has 0 bridgehead atoms. The number of rotatable bonds is 11. The Labute approximate surface area is 217 Å². The number of carboxylic acid groups (broad SMARTS) is 1. The molecular formula is C25H26Cl2N4O5. The quantitative estimate of drug-likeness (QED) is 0.269. The lowest BCUT2D eigenvalue weighted by atomic mass is 10.0. The summed E-state index contributed by atoms with van der Waals surface area (Å²) in [5.74, 6) is -1.27. The summed E-state index contributed by atoms with van der Waals surface area (Å²) in [6.07, 6.45) is 3.50. The molecule has 1 aromatic heterocycles. The van der Waals surface area contributed by atoms with Crippen molar-refractivity contribution in [2.24, 2.45) is 5.92 Å². The fourth-order valence-electron chi connectivity index (χ4n) is 3.80. The number of aromatic nitrogens is 1. The van der Waals surface area contributed by atoms with Crippen LogP contribution in [0, 0.1) is 5.92 Å². The molecule has 3 rings (SSSR count). The summed E-state index contributed by atoms with van der Waals surface area (Å²) in [5.41, 5.74) is -0.186. The fourth-order valence-corrected chi connectivity index (χ4v) is 4.26. The van der Waals surface area contributed by atoms with Gasteiger partial charge in [0.05, 0.1) is 15.7 Å². The second kappa shape index (κ2) is 11.5. The molecule has 0 unspecified atom stereocenters. The zero-order chi connectivity index (χ0) is 26.6. The van der Waals surface area contributed by atoms with Crippen molar-refractivity contribution in [1.29, 1.82) is 0 Å². The third-order valence-corrected chi connectivity index (χ3v) is 6.06. The number of amides is 1. The molecule has 0 aliphatic carbocycles. The van der Waals surface area contributed by atoms with E-state index in [0.717, 1.165) is 6.42 Å². The van der Waals surface area contributed by atoms with Crippen LogP contribution in [-0.2, 0) is 11.2 Å². The zero-order valence-corrected chi connectivity index (χ0v) is 21.4. The van der Waals surface area contributed by atoms with Gasteiger partial charge in [-0.1, -0.05) is 49.2 Å². The molecule has 9 nitrogen and oxygen atoms in total. The number of carboxylic acids is 1. The first-order chi connectivity index (χ1) is 17.0. The molecule has 2 aromatic carbocycles. The number of aliphatic carboxylic acids is 1. The number of nitrogens with zero attached hydrogens (tertiary/aromatic N) is 1. The van der Waals surface area contributed by atoms with Crippen LogP contribution in [-0.4, -0.2) is 34.1 Å². The predicted molar refractivity (Wildman–Crippen MR) is 141 cm³/mol. The normalized spacial score (nSPS) is 12.8. The van der Waals surface area contributed by atoms with Gasteiger partial charge in [0, 0.05) is 30.4 Å². The van der Waals surface area contributed by atoms with E-state index in [4.69, 9.17) is 23.2 Å². The first kappa shape index (κ1) is 27.2. The van der Waals surface area contributed by atoms with Crippen LogP contribution in [0.15, 0.2) is 46.2 Å². The molecule has 0 aliphatic rings. The lowest BCUT2D eigenvalue weighted by Gasteiger charge is -2.23. The van der Waals surface area contributed by atoms with Crippen molar-refractivity contribution in [3.63, 3.8) is 0 Å². The Balaban J connectivity index is 1.70. The Morgan fingerprint density at radius 1 is 0.917 bits per heavy atom. The molecule has 0 spiro atoms. The van der Waals surface area contributed by atoms with Crippen molar-refractivity contribution in [2.45, 2.75) is 45.7 Å². The standard InChI is InChI=1S/C25H26Cl2N4O5/c1-12(2)8-13(3)29-20-21(23(33)22(20)32)30-18(25(35)36)9-14-4-6-15(7-5-14)24(34)31-19-16(26)10-28-11-17(19)27/h4-7,10-13,18,29-30H,8-9H2,1-3H3,(H,35,36)(H,28,31,34)/t13-,18-/m0/s1. The van der Waals surface area contributed by atoms with Crippen LogP contribution in [0.2, 0.25) is 10.0 Å². The van der Waals surface area contributed by atoms with Crippen molar-refractivity contribution in [1.82, 2.24) is 4.98 Å². The summed E-state index contributed by atoms with van der Waals surface area (Å²) in [6.45, 7) is 5.97. The number of carbonyl (C=O) groups excluding carboxylic acids is 1. The summed E-state index contributed by atoms with van der Waals surface area (Å²) < 4.78 is 0. The SMILES string of the molecule is CC(C)C[C@H](C)Nc1c(N[C@@H](Cc2ccc(C(=O)Nc3c(Cl)cncc3Cl)cc2)C(=O)O)c(=O)c1=O. The van der Waals surface area contributed by atoms with E-state index in [1.807, 2.05) is 20.8 Å². The minimum Gasteiger partial charge on any atom is -0.480 e. The molecule has 0 aliphatic heterocycles. The van der Waals surface area contributed by atoms with Crippen LogP contribution < -0.4 is 26.8 Å². The van der Waals surface area contributed by atoms with E-state index in [1.54, 1.807) is 12.1 Å². The summed E-state index contributed by atoms with van der Waals surface area (Å²) in [7, 11) is 0. The maximum atomic E-state index is 12.6. The van der Waals surface area contributed by atoms with Gasteiger partial charge in [0.1, 0.15) is 17.4 Å². The lowest BCUT2D eigenvalue weighted by Crippen LogP contribution is -2.43. The minimum atomic E-state index is -1.19. The van der Waals surface area contributed by atoms with Crippen molar-refractivity contribution in [3.8, 4) is 0 Å². The second-order valence-corrected chi connectivity index (χ2v) is 9.77. The average molecular weight is 533 g/mol. The van der Waals surface area contributed by atoms with Crippen LogP contribution in [0.5, 0.6) is 0 Å². The highest BCUT2D eigenvalue weighted by atomic mass is 35.5. The molecule has 0 saturated carbocycles. The summed E-state index contributed by atoms with van der Waals surface area (Å²) in [6, 6.07) is 5.05. The number of hydrogen-bond donors (Lipinski definition) is 4. The number of anilines is 3. The molecule has 36 heavy (non-hydrogen) atoms. The van der Waals surface area contributed by atoms with Crippen molar-refractivity contribution >= 4 is 52.1 Å². The minimum absolute atomic E-state index is 0.0129. The fraction of sp³-hybridized carbons (Fsp3) is 0.320. The third kappa shape index (κ3) is 6.41. The van der Waals surface area contributed by atoms with E-state index in [1.165, 1.54) is 24.5 Å². The molecule has 1 heterocycles. The van der Waals surface area contributed by atoms with Crippen molar-refractivity contribution < 1.29 is 14.7 Å². The van der Waals surface area contributed by atoms with Gasteiger partial charge in [0.15, 0.2) is 0 Å². The smallest absolute Gasteiger partial charge is 0.326 e. The van der Waals surface area contributed by atoms with E-state index < -0.39 is 28.8 Å². The highest BCUT2D eigenvalue weighted by molar-refractivity contribution is 6.39. The van der Waals surface area contributed by atoms with Crippen LogP contribution in [0.4, 0.5) is 17.1 Å². The van der Waals surface area contributed by atoms with Gasteiger partial charge in [0.25, 0.3) is 16.8 Å². The molecule has 1 amide bonds. The maximum absolute atomic E-state index is 12.6. The first-order valence-electron chi connectivity index (χ1n) is 11.3. The monoisotopic (exact) mass is 532 g/mol. The van der Waals surface area contributed by atoms with E-state index >= 15 is 0 Å². The molecule has 4 N–H and O–H groups in total. The van der Waals surface area contributed by atoms with Crippen LogP contribution in [0.25, 0.3) is 0 Å². The number of carbonyl (C=O) groups is 2. The van der Waals surface area contributed by atoms with Crippen molar-refractivity contribution in [3.05, 3.63) is 78.3 Å². The summed E-state index contributed by atoms with van der Waals surface area (Å²) in [5, 5.41) is 18.4. The molecule has 0 radical (unpaired) electrons. The highest BCUT2D eigenvalue weighted by Crippen LogP contribution is 2.29. The average Bonchev–Trinajstić information content (AvgIpc) is 2.82. The molecule has 190 valence electrons. The van der Waals surface area contributed by atoms with Gasteiger partial charge in [-0.25, -0.2) is 4.79 Å². The number of halogens is 2. The van der Waals surface area contributed by atoms with Crippen LogP contribution in [0.1, 0.15) is 43.1 Å². The summed E-state index contributed by atoms with van der Waals surface area (Å²) >= 11 is 12.1. The number of nitrogens with one attached hydrogen (secondary N) is 3. The van der Waals surface area contributed by atoms with Gasteiger partial charge in [-0.2, -0.15) is 0 Å². The topological polar surface area (TPSA) is 137 Å². The Morgan fingerprint density at radius 3 is 2.00 bits per heavy atom. The van der Waals surface area contributed by atoms with Crippen LogP contribution >= 0.6 is 23.2 Å². The van der Waals surface area contributed by atoms with E-state index in [-0.39, 0.29) is 39.6 Å². The molecule has 11 heteroatoms. The third-order valence-electron chi connectivity index (χ3n) is 5.49. The molecule has 0 fully saturated rings. The number of benzene rings is 1. The van der Waals surface area contributed by atoms with Gasteiger partial charge in [-0.05, 0) is 37.0 Å². The Kier molecular flexibility index (Phi) is 8.70. The maximum Gasteiger partial charge on any atom is 0.326 e. The Bertz CT molecular complexity index is 1310. The van der Waals surface area contributed by atoms with Gasteiger partial charge in [-0.3, -0.25) is 19.4 Å². The van der Waals surface area contributed by atoms with E-state index in [9.17, 15) is 24.3 Å². The van der Waals surface area contributed by atoms with Gasteiger partial charge in [0.2, 0.25) is 0 Å². The van der Waals surface area contributed by atoms with E-state index in [2.05, 4.69) is 20.9 Å². The number of hydrogen-bond acceptors (Lipinski definition) is 7. The Hall–Kier alpha value is -3.43. The van der Waals surface area contributed by atoms with Crippen molar-refractivity contribution in [2.75, 3.05) is 16.0 Å². The molecule has 0 saturated heterocycles. The van der Waals surface area contributed by atoms with Crippen LogP contribution in [0.3, 0.4) is 0 Å². The van der Waals surface area contributed by atoms with Gasteiger partial charge < -0.3 is 21.1 Å². The summed E-state index contributed by atoms with van der Waals surface area (Å²) in [4.78, 5) is 52.5. The zero-order valence-electron chi connectivity index (χ0n) is 19.9. The second-order valence-electron chi connectivity index (χ2n) is 8.95. The van der Waals surface area contributed by atoms with E-state index in [0.29, 0.717) is 17.0 Å². The largest absolute Gasteiger partial charge is 0.480 e. The van der Waals surface area contributed by atoms with Gasteiger partial charge >= 0.3 is 5.97 Å². The Morgan fingerprint density at radius 2 is 1.47 bits per heavy atom. The first-order valence-corrected chi connectivity index (χ1v) is 12.0. The van der Waals surface area contributed by atoms with Gasteiger partial charge in [-0.15, -0.1) is 0 Å². The molecular weight excluding hydrogens is 507 g/mol. The molecule has 2 atom stereocenters.